The van der Waals surface area contributed by atoms with Gasteiger partial charge in [0.1, 0.15) is 30.9 Å². The second-order valence-electron chi connectivity index (χ2n) is 7.00. The fourth-order valence-corrected chi connectivity index (χ4v) is 3.38. The van der Waals surface area contributed by atoms with Gasteiger partial charge in [-0.1, -0.05) is 35.4 Å². The number of azide groups is 1. The van der Waals surface area contributed by atoms with E-state index in [0.717, 1.165) is 10.5 Å². The number of benzene rings is 2. The van der Waals surface area contributed by atoms with Gasteiger partial charge in [-0.2, -0.15) is 13.2 Å². The molecule has 1 fully saturated rings. The highest BCUT2D eigenvalue weighted by atomic mass is 19.4. The van der Waals surface area contributed by atoms with Gasteiger partial charge in [0.05, 0.1) is 6.04 Å². The van der Waals surface area contributed by atoms with Crippen LogP contribution in [-0.4, -0.2) is 42.8 Å². The quantitative estimate of drug-likeness (QED) is 0.234. The SMILES string of the molecule is [N-]=[N+]=N[C@H](OCN1C(=O)OC[C@@H]1Cc1ccccc1)[C@@H](c1cc(F)cc(F)c1)C(F)(F)F. The number of carbonyl (C=O) groups is 1. The zero-order valence-corrected chi connectivity index (χ0v) is 16.4. The average Bonchev–Trinajstić information content (AvgIpc) is 3.04. The van der Waals surface area contributed by atoms with Crippen molar-refractivity contribution in [3.05, 3.63) is 81.7 Å². The molecule has 1 amide bonds. The van der Waals surface area contributed by atoms with Gasteiger partial charge in [0, 0.05) is 11.0 Å². The van der Waals surface area contributed by atoms with Gasteiger partial charge >= 0.3 is 12.3 Å². The molecule has 1 heterocycles. The lowest BCUT2D eigenvalue weighted by atomic mass is 9.96. The monoisotopic (exact) mass is 456 g/mol. The molecule has 0 aliphatic carbocycles. The second-order valence-corrected chi connectivity index (χ2v) is 7.00. The minimum Gasteiger partial charge on any atom is -0.447 e. The van der Waals surface area contributed by atoms with E-state index in [1.54, 1.807) is 18.2 Å². The van der Waals surface area contributed by atoms with E-state index in [4.69, 9.17) is 15.0 Å². The highest BCUT2D eigenvalue weighted by Gasteiger charge is 2.47. The van der Waals surface area contributed by atoms with E-state index in [1.807, 2.05) is 12.1 Å². The topological polar surface area (TPSA) is 87.5 Å². The van der Waals surface area contributed by atoms with Crippen molar-refractivity contribution in [2.45, 2.75) is 30.8 Å². The lowest BCUT2D eigenvalue weighted by molar-refractivity contribution is -0.183. The first-order valence-corrected chi connectivity index (χ1v) is 9.35. The number of hydrogen-bond acceptors (Lipinski definition) is 4. The van der Waals surface area contributed by atoms with Crippen molar-refractivity contribution in [1.29, 1.82) is 0 Å². The molecule has 2 aromatic rings. The highest BCUT2D eigenvalue weighted by molar-refractivity contribution is 5.70. The first kappa shape index (κ1) is 23.3. The summed E-state index contributed by atoms with van der Waals surface area (Å²) >= 11 is 0. The van der Waals surface area contributed by atoms with E-state index in [9.17, 15) is 26.7 Å². The number of rotatable bonds is 8. The zero-order valence-electron chi connectivity index (χ0n) is 16.4. The smallest absolute Gasteiger partial charge is 0.412 e. The summed E-state index contributed by atoms with van der Waals surface area (Å²) in [7, 11) is 0. The minimum atomic E-state index is -5.08. The maximum absolute atomic E-state index is 13.8. The summed E-state index contributed by atoms with van der Waals surface area (Å²) in [6, 6.07) is 9.83. The van der Waals surface area contributed by atoms with Crippen LogP contribution in [-0.2, 0) is 15.9 Å². The van der Waals surface area contributed by atoms with Gasteiger partial charge in [-0.25, -0.2) is 13.6 Å². The van der Waals surface area contributed by atoms with Crippen molar-refractivity contribution < 1.29 is 36.2 Å². The Morgan fingerprint density at radius 2 is 1.84 bits per heavy atom. The predicted molar refractivity (Wildman–Crippen MR) is 101 cm³/mol. The van der Waals surface area contributed by atoms with Crippen molar-refractivity contribution in [3.8, 4) is 0 Å². The lowest BCUT2D eigenvalue weighted by Crippen LogP contribution is -2.40. The molecule has 0 bridgehead atoms. The van der Waals surface area contributed by atoms with Gasteiger partial charge in [0.2, 0.25) is 0 Å². The summed E-state index contributed by atoms with van der Waals surface area (Å²) in [5.74, 6) is -5.14. The van der Waals surface area contributed by atoms with Crippen LogP contribution in [0.15, 0.2) is 53.6 Å². The number of hydrogen-bond donors (Lipinski definition) is 0. The summed E-state index contributed by atoms with van der Waals surface area (Å²) in [5.41, 5.74) is 8.79. The van der Waals surface area contributed by atoms with Crippen molar-refractivity contribution in [3.63, 3.8) is 0 Å². The van der Waals surface area contributed by atoms with Crippen LogP contribution in [0.5, 0.6) is 0 Å². The molecule has 2 aromatic carbocycles. The van der Waals surface area contributed by atoms with Gasteiger partial charge in [0.15, 0.2) is 6.23 Å². The molecule has 32 heavy (non-hydrogen) atoms. The molecule has 0 unspecified atom stereocenters. The maximum atomic E-state index is 13.8. The fraction of sp³-hybridized carbons (Fsp3) is 0.350. The summed E-state index contributed by atoms with van der Waals surface area (Å²) in [6.45, 7) is -0.703. The van der Waals surface area contributed by atoms with E-state index in [1.165, 1.54) is 0 Å². The normalized spacial score (nSPS) is 18.1. The Morgan fingerprint density at radius 1 is 1.19 bits per heavy atom. The van der Waals surface area contributed by atoms with Crippen LogP contribution in [0.1, 0.15) is 17.0 Å². The number of carbonyl (C=O) groups excluding carboxylic acids is 1. The molecule has 170 valence electrons. The number of halogens is 5. The molecule has 3 atom stereocenters. The zero-order chi connectivity index (χ0) is 23.3. The van der Waals surface area contributed by atoms with E-state index in [-0.39, 0.29) is 6.61 Å². The van der Waals surface area contributed by atoms with Crippen molar-refractivity contribution >= 4 is 6.09 Å². The van der Waals surface area contributed by atoms with Crippen LogP contribution in [0.2, 0.25) is 0 Å². The molecule has 1 saturated heterocycles. The van der Waals surface area contributed by atoms with Gasteiger partial charge in [-0.15, -0.1) is 0 Å². The molecule has 0 radical (unpaired) electrons. The molecule has 3 rings (SSSR count). The lowest BCUT2D eigenvalue weighted by Gasteiger charge is -2.29. The van der Waals surface area contributed by atoms with Crippen molar-refractivity contribution in [2.24, 2.45) is 5.11 Å². The Bertz CT molecular complexity index is 978. The molecule has 0 saturated carbocycles. The van der Waals surface area contributed by atoms with Crippen LogP contribution < -0.4 is 0 Å². The first-order valence-electron chi connectivity index (χ1n) is 9.35. The van der Waals surface area contributed by atoms with E-state index < -0.39 is 54.4 Å². The number of alkyl halides is 3. The van der Waals surface area contributed by atoms with Crippen LogP contribution in [0.4, 0.5) is 26.7 Å². The second kappa shape index (κ2) is 9.84. The van der Waals surface area contributed by atoms with Gasteiger partial charge in [0.25, 0.3) is 0 Å². The number of nitrogens with zero attached hydrogens (tertiary/aromatic N) is 4. The van der Waals surface area contributed by atoms with E-state index >= 15 is 0 Å². The molecule has 0 N–H and O–H groups in total. The molecule has 7 nitrogen and oxygen atoms in total. The summed E-state index contributed by atoms with van der Waals surface area (Å²) < 4.78 is 78.5. The third-order valence-corrected chi connectivity index (χ3v) is 4.82. The predicted octanol–water partition coefficient (Wildman–Crippen LogP) is 5.28. The van der Waals surface area contributed by atoms with Crippen LogP contribution in [0, 0.1) is 11.6 Å². The molecule has 1 aliphatic heterocycles. The standard InChI is InChI=1S/C20H17F5N4O3/c21-14-7-13(8-15(22)9-14)17(20(23,24)25)18(27-28-26)32-11-29-16(10-31-19(29)30)6-12-4-2-1-3-5-12/h1-5,7-9,16-18H,6,10-11H2/t16-,17+,18+/m0/s1. The van der Waals surface area contributed by atoms with Gasteiger partial charge < -0.3 is 9.47 Å². The summed E-state index contributed by atoms with van der Waals surface area (Å²) in [4.78, 5) is 15.5. The number of amides is 1. The fourth-order valence-electron chi connectivity index (χ4n) is 3.38. The highest BCUT2D eigenvalue weighted by Crippen LogP contribution is 2.40. The molecule has 1 aliphatic rings. The van der Waals surface area contributed by atoms with Crippen molar-refractivity contribution in [1.82, 2.24) is 4.90 Å². The Kier molecular flexibility index (Phi) is 7.16. The van der Waals surface area contributed by atoms with Crippen LogP contribution in [0.3, 0.4) is 0 Å². The van der Waals surface area contributed by atoms with Gasteiger partial charge in [-0.3, -0.25) is 4.90 Å². The third-order valence-electron chi connectivity index (χ3n) is 4.82. The largest absolute Gasteiger partial charge is 0.447 e. The maximum Gasteiger partial charge on any atom is 0.412 e. The Hall–Kier alpha value is -3.37. The molecule has 12 heteroatoms. The Balaban J connectivity index is 1.82. The number of ether oxygens (including phenoxy) is 2. The molecular formula is C20H17F5N4O3. The van der Waals surface area contributed by atoms with Crippen LogP contribution in [0.25, 0.3) is 10.4 Å². The Morgan fingerprint density at radius 3 is 2.44 bits per heavy atom. The van der Waals surface area contributed by atoms with Crippen LogP contribution >= 0.6 is 0 Å². The van der Waals surface area contributed by atoms with Gasteiger partial charge in [-0.05, 0) is 35.2 Å². The average molecular weight is 456 g/mol. The number of cyclic esters (lactones) is 1. The Labute approximate surface area is 179 Å². The molecule has 0 spiro atoms. The first-order chi connectivity index (χ1) is 15.2. The summed E-state index contributed by atoms with van der Waals surface area (Å²) in [6.07, 6.45) is -7.77. The summed E-state index contributed by atoms with van der Waals surface area (Å²) in [5, 5.41) is 3.04. The molecular weight excluding hydrogens is 439 g/mol. The van der Waals surface area contributed by atoms with E-state index in [0.29, 0.717) is 24.6 Å². The minimum absolute atomic E-state index is 0.0128. The third kappa shape index (κ3) is 5.65. The van der Waals surface area contributed by atoms with E-state index in [2.05, 4.69) is 10.0 Å². The van der Waals surface area contributed by atoms with Crippen molar-refractivity contribution in [2.75, 3.05) is 13.3 Å². The molecule has 0 aromatic heterocycles.